The van der Waals surface area contributed by atoms with Gasteiger partial charge in [-0.05, 0) is 42.5 Å². The quantitative estimate of drug-likeness (QED) is 0.547. The lowest BCUT2D eigenvalue weighted by Crippen LogP contribution is -2.32. The highest BCUT2D eigenvalue weighted by Gasteiger charge is 2.38. The molecule has 0 bridgehead atoms. The third-order valence-electron chi connectivity index (χ3n) is 4.76. The lowest BCUT2D eigenvalue weighted by molar-refractivity contribution is -0.120. The van der Waals surface area contributed by atoms with Gasteiger partial charge in [-0.1, -0.05) is 41.9 Å². The van der Waals surface area contributed by atoms with Crippen LogP contribution in [-0.2, 0) is 9.59 Å². The summed E-state index contributed by atoms with van der Waals surface area (Å²) >= 11 is 6.17. The van der Waals surface area contributed by atoms with E-state index in [1.165, 1.54) is 0 Å². The van der Waals surface area contributed by atoms with Crippen molar-refractivity contribution in [1.29, 1.82) is 0 Å². The number of anilines is 3. The standard InChI is InChI=1S/C24H18ClN3O4/c1-32-19-12-6-9-17(14-19)27-22(29)15-7-5-8-16(13-15)26-21-20(25)23(30)28(24(21)31)18-10-3-2-4-11-18/h2-14,26H,1H3,(H,27,29). The summed E-state index contributed by atoms with van der Waals surface area (Å²) in [5.41, 5.74) is 1.74. The summed E-state index contributed by atoms with van der Waals surface area (Å²) in [7, 11) is 1.55. The first kappa shape index (κ1) is 21.1. The summed E-state index contributed by atoms with van der Waals surface area (Å²) in [4.78, 5) is 39.1. The average molecular weight is 448 g/mol. The largest absolute Gasteiger partial charge is 0.497 e. The number of nitrogens with one attached hydrogen (secondary N) is 2. The highest BCUT2D eigenvalue weighted by Crippen LogP contribution is 2.30. The van der Waals surface area contributed by atoms with Crippen LogP contribution in [0.5, 0.6) is 5.75 Å². The predicted octanol–water partition coefficient (Wildman–Crippen LogP) is 4.38. The van der Waals surface area contributed by atoms with Crippen molar-refractivity contribution in [2.24, 2.45) is 0 Å². The first-order chi connectivity index (χ1) is 15.5. The zero-order chi connectivity index (χ0) is 22.7. The minimum absolute atomic E-state index is 0.0501. The van der Waals surface area contributed by atoms with Crippen molar-refractivity contribution in [3.05, 3.63) is 95.2 Å². The average Bonchev–Trinajstić information content (AvgIpc) is 3.03. The van der Waals surface area contributed by atoms with E-state index in [2.05, 4.69) is 10.6 Å². The zero-order valence-electron chi connectivity index (χ0n) is 17.0. The number of amides is 3. The Balaban J connectivity index is 1.53. The molecule has 1 aliphatic rings. The molecule has 4 rings (SSSR count). The maximum Gasteiger partial charge on any atom is 0.283 e. The summed E-state index contributed by atoms with van der Waals surface area (Å²) in [6.45, 7) is 0. The molecule has 7 nitrogen and oxygen atoms in total. The molecular weight excluding hydrogens is 430 g/mol. The highest BCUT2D eigenvalue weighted by molar-refractivity contribution is 6.53. The van der Waals surface area contributed by atoms with Crippen LogP contribution in [0.3, 0.4) is 0 Å². The second-order valence-corrected chi connectivity index (χ2v) is 7.24. The highest BCUT2D eigenvalue weighted by atomic mass is 35.5. The van der Waals surface area contributed by atoms with Crippen LogP contribution in [0.4, 0.5) is 17.1 Å². The number of para-hydroxylation sites is 1. The number of benzene rings is 3. The molecule has 0 fully saturated rings. The zero-order valence-corrected chi connectivity index (χ0v) is 17.7. The van der Waals surface area contributed by atoms with E-state index in [0.717, 1.165) is 4.90 Å². The molecule has 0 aliphatic carbocycles. The molecule has 160 valence electrons. The van der Waals surface area contributed by atoms with Crippen LogP contribution >= 0.6 is 11.6 Å². The molecule has 0 unspecified atom stereocenters. The molecule has 0 radical (unpaired) electrons. The van der Waals surface area contributed by atoms with Crippen LogP contribution in [-0.4, -0.2) is 24.8 Å². The summed E-state index contributed by atoms with van der Waals surface area (Å²) < 4.78 is 5.16. The number of rotatable bonds is 6. The number of ether oxygens (including phenoxy) is 1. The summed E-state index contributed by atoms with van der Waals surface area (Å²) in [6.07, 6.45) is 0. The van der Waals surface area contributed by atoms with Crippen LogP contribution < -0.4 is 20.3 Å². The van der Waals surface area contributed by atoms with Gasteiger partial charge in [-0.15, -0.1) is 0 Å². The van der Waals surface area contributed by atoms with Gasteiger partial charge >= 0.3 is 0 Å². The third kappa shape index (κ3) is 4.19. The first-order valence-electron chi connectivity index (χ1n) is 9.64. The van der Waals surface area contributed by atoms with Crippen molar-refractivity contribution >= 4 is 46.4 Å². The molecule has 1 aliphatic heterocycles. The van der Waals surface area contributed by atoms with Crippen LogP contribution in [0, 0.1) is 0 Å². The van der Waals surface area contributed by atoms with E-state index in [-0.39, 0.29) is 16.6 Å². The number of carbonyl (C=O) groups is 3. The second-order valence-electron chi connectivity index (χ2n) is 6.86. The second kappa shape index (κ2) is 8.95. The van der Waals surface area contributed by atoms with Gasteiger partial charge < -0.3 is 15.4 Å². The third-order valence-corrected chi connectivity index (χ3v) is 5.11. The van der Waals surface area contributed by atoms with Crippen molar-refractivity contribution in [2.75, 3.05) is 22.6 Å². The SMILES string of the molecule is COc1cccc(NC(=O)c2cccc(NC3=C(Cl)C(=O)N(c4ccccc4)C3=O)c2)c1. The van der Waals surface area contributed by atoms with Gasteiger partial charge in [-0.25, -0.2) is 4.90 Å². The van der Waals surface area contributed by atoms with Gasteiger partial charge in [-0.2, -0.15) is 0 Å². The Bertz CT molecular complexity index is 1240. The molecule has 0 spiro atoms. The number of nitrogens with zero attached hydrogens (tertiary/aromatic N) is 1. The number of hydrogen-bond acceptors (Lipinski definition) is 5. The van der Waals surface area contributed by atoms with Gasteiger partial charge in [-0.3, -0.25) is 14.4 Å². The Morgan fingerprint density at radius 3 is 2.34 bits per heavy atom. The normalized spacial score (nSPS) is 13.4. The van der Waals surface area contributed by atoms with Crippen molar-refractivity contribution in [3.63, 3.8) is 0 Å². The van der Waals surface area contributed by atoms with Crippen molar-refractivity contribution in [3.8, 4) is 5.75 Å². The van der Waals surface area contributed by atoms with Gasteiger partial charge in [0.15, 0.2) is 0 Å². The van der Waals surface area contributed by atoms with E-state index < -0.39 is 11.8 Å². The Labute approximate surface area is 189 Å². The Kier molecular flexibility index (Phi) is 5.91. The van der Waals surface area contributed by atoms with E-state index in [1.54, 1.807) is 86.0 Å². The molecule has 8 heteroatoms. The minimum Gasteiger partial charge on any atom is -0.497 e. The van der Waals surface area contributed by atoms with E-state index in [9.17, 15) is 14.4 Å². The van der Waals surface area contributed by atoms with Gasteiger partial charge in [0.05, 0.1) is 12.8 Å². The number of hydrogen-bond donors (Lipinski definition) is 2. The van der Waals surface area contributed by atoms with Gasteiger partial charge in [0.2, 0.25) is 0 Å². The van der Waals surface area contributed by atoms with Gasteiger partial charge in [0.1, 0.15) is 16.5 Å². The van der Waals surface area contributed by atoms with Crippen LogP contribution in [0.2, 0.25) is 0 Å². The molecule has 0 atom stereocenters. The molecule has 3 amide bonds. The molecule has 1 heterocycles. The smallest absolute Gasteiger partial charge is 0.283 e. The van der Waals surface area contributed by atoms with E-state index in [0.29, 0.717) is 28.4 Å². The fourth-order valence-corrected chi connectivity index (χ4v) is 3.42. The Morgan fingerprint density at radius 2 is 1.59 bits per heavy atom. The first-order valence-corrected chi connectivity index (χ1v) is 10.0. The lowest BCUT2D eigenvalue weighted by atomic mass is 10.1. The van der Waals surface area contributed by atoms with E-state index >= 15 is 0 Å². The monoisotopic (exact) mass is 447 g/mol. The fourth-order valence-electron chi connectivity index (χ4n) is 3.21. The predicted molar refractivity (Wildman–Crippen MR) is 123 cm³/mol. The number of carbonyl (C=O) groups excluding carboxylic acids is 3. The molecule has 32 heavy (non-hydrogen) atoms. The van der Waals surface area contributed by atoms with Crippen molar-refractivity contribution in [2.45, 2.75) is 0 Å². The number of halogens is 1. The summed E-state index contributed by atoms with van der Waals surface area (Å²) in [5, 5.41) is 5.46. The molecule has 3 aromatic rings. The molecule has 2 N–H and O–H groups in total. The molecular formula is C24H18ClN3O4. The van der Waals surface area contributed by atoms with Crippen molar-refractivity contribution < 1.29 is 19.1 Å². The number of methoxy groups -OCH3 is 1. The van der Waals surface area contributed by atoms with E-state index in [4.69, 9.17) is 16.3 Å². The maximum absolute atomic E-state index is 12.9. The minimum atomic E-state index is -0.614. The molecule has 0 aromatic heterocycles. The molecule has 0 saturated heterocycles. The van der Waals surface area contributed by atoms with Crippen molar-refractivity contribution in [1.82, 2.24) is 0 Å². The van der Waals surface area contributed by atoms with Gasteiger partial charge in [0, 0.05) is 23.0 Å². The molecule has 0 saturated carbocycles. The topological polar surface area (TPSA) is 87.7 Å². The Hall–Kier alpha value is -4.10. The molecule has 3 aromatic carbocycles. The lowest BCUT2D eigenvalue weighted by Gasteiger charge is -2.15. The Morgan fingerprint density at radius 1 is 0.875 bits per heavy atom. The van der Waals surface area contributed by atoms with Crippen LogP contribution in [0.15, 0.2) is 89.6 Å². The summed E-state index contributed by atoms with van der Waals surface area (Å²) in [6, 6.07) is 22.0. The maximum atomic E-state index is 12.9. The van der Waals surface area contributed by atoms with Crippen LogP contribution in [0.1, 0.15) is 10.4 Å². The summed E-state index contributed by atoms with van der Waals surface area (Å²) in [5.74, 6) is -0.913. The van der Waals surface area contributed by atoms with Crippen LogP contribution in [0.25, 0.3) is 0 Å². The van der Waals surface area contributed by atoms with E-state index in [1.807, 2.05) is 0 Å². The number of imide groups is 1. The fraction of sp³-hybridized carbons (Fsp3) is 0.0417. The van der Waals surface area contributed by atoms with Gasteiger partial charge in [0.25, 0.3) is 17.7 Å².